The van der Waals surface area contributed by atoms with Crippen LogP contribution in [0, 0.1) is 0 Å². The standard InChI is InChI=1S/C19H20N2O3/c1-3-13-24-17-11-9-15(10-12-17)14-20-21-19(22)18(23-2)16-7-5-4-6-8-16/h3-12,14,18H,1,13H2,2H3,(H,21,22)/b20-14-/t18-/m1/s1. The summed E-state index contributed by atoms with van der Waals surface area (Å²) in [5.74, 6) is 0.422. The van der Waals surface area contributed by atoms with E-state index in [9.17, 15) is 4.79 Å². The van der Waals surface area contributed by atoms with E-state index in [-0.39, 0.29) is 5.91 Å². The minimum atomic E-state index is -0.696. The first-order valence-corrected chi connectivity index (χ1v) is 7.49. The molecular formula is C19H20N2O3. The van der Waals surface area contributed by atoms with Crippen LogP contribution in [0.3, 0.4) is 0 Å². The van der Waals surface area contributed by atoms with Crippen LogP contribution in [0.1, 0.15) is 17.2 Å². The highest BCUT2D eigenvalue weighted by Gasteiger charge is 2.18. The summed E-state index contributed by atoms with van der Waals surface area (Å²) in [5.41, 5.74) is 4.11. The van der Waals surface area contributed by atoms with Gasteiger partial charge in [-0.3, -0.25) is 4.79 Å². The van der Waals surface area contributed by atoms with Gasteiger partial charge in [-0.05, 0) is 35.4 Å². The van der Waals surface area contributed by atoms with Gasteiger partial charge < -0.3 is 9.47 Å². The van der Waals surface area contributed by atoms with Crippen molar-refractivity contribution in [3.63, 3.8) is 0 Å². The molecule has 124 valence electrons. The van der Waals surface area contributed by atoms with Gasteiger partial charge in [0, 0.05) is 7.11 Å². The molecule has 2 aromatic rings. The van der Waals surface area contributed by atoms with Gasteiger partial charge in [-0.15, -0.1) is 0 Å². The summed E-state index contributed by atoms with van der Waals surface area (Å²) in [5, 5.41) is 3.97. The summed E-state index contributed by atoms with van der Waals surface area (Å²) >= 11 is 0. The Morgan fingerprint density at radius 3 is 2.54 bits per heavy atom. The zero-order valence-electron chi connectivity index (χ0n) is 13.5. The fourth-order valence-corrected chi connectivity index (χ4v) is 2.06. The Kier molecular flexibility index (Phi) is 6.73. The third-order valence-electron chi connectivity index (χ3n) is 3.21. The lowest BCUT2D eigenvalue weighted by molar-refractivity contribution is -0.131. The molecule has 1 atom stereocenters. The minimum Gasteiger partial charge on any atom is -0.490 e. The van der Waals surface area contributed by atoms with Crippen molar-refractivity contribution in [2.24, 2.45) is 5.10 Å². The number of methoxy groups -OCH3 is 1. The molecule has 0 saturated heterocycles. The summed E-state index contributed by atoms with van der Waals surface area (Å²) in [6.45, 7) is 4.06. The lowest BCUT2D eigenvalue weighted by atomic mass is 10.1. The van der Waals surface area contributed by atoms with Crippen LogP contribution in [-0.4, -0.2) is 25.8 Å². The summed E-state index contributed by atoms with van der Waals surface area (Å²) in [7, 11) is 1.49. The summed E-state index contributed by atoms with van der Waals surface area (Å²) < 4.78 is 10.6. The van der Waals surface area contributed by atoms with Crippen LogP contribution < -0.4 is 10.2 Å². The third kappa shape index (κ3) is 5.07. The summed E-state index contributed by atoms with van der Waals surface area (Å²) in [4.78, 5) is 12.2. The average Bonchev–Trinajstić information content (AvgIpc) is 2.62. The molecule has 0 unspecified atom stereocenters. The second-order valence-corrected chi connectivity index (χ2v) is 4.93. The van der Waals surface area contributed by atoms with Crippen LogP contribution >= 0.6 is 0 Å². The molecule has 0 saturated carbocycles. The Balaban J connectivity index is 1.92. The molecule has 0 aromatic heterocycles. The number of hydrogen-bond donors (Lipinski definition) is 1. The van der Waals surface area contributed by atoms with Crippen molar-refractivity contribution in [2.75, 3.05) is 13.7 Å². The average molecular weight is 324 g/mol. The van der Waals surface area contributed by atoms with Gasteiger partial charge in [0.25, 0.3) is 5.91 Å². The van der Waals surface area contributed by atoms with Gasteiger partial charge in [0.1, 0.15) is 12.4 Å². The van der Waals surface area contributed by atoms with Crippen molar-refractivity contribution in [1.82, 2.24) is 5.43 Å². The van der Waals surface area contributed by atoms with E-state index in [1.807, 2.05) is 54.6 Å². The molecule has 0 bridgehead atoms. The molecule has 0 heterocycles. The summed E-state index contributed by atoms with van der Waals surface area (Å²) in [6.07, 6.45) is 2.55. The third-order valence-corrected chi connectivity index (χ3v) is 3.21. The molecule has 1 N–H and O–H groups in total. The van der Waals surface area contributed by atoms with Crippen LogP contribution in [0.15, 0.2) is 72.4 Å². The van der Waals surface area contributed by atoms with E-state index in [4.69, 9.17) is 9.47 Å². The number of ether oxygens (including phenoxy) is 2. The smallest absolute Gasteiger partial charge is 0.273 e. The van der Waals surface area contributed by atoms with Crippen molar-refractivity contribution < 1.29 is 14.3 Å². The number of carbonyl (C=O) groups is 1. The number of hydrazone groups is 1. The lowest BCUT2D eigenvalue weighted by Gasteiger charge is -2.13. The molecule has 2 aromatic carbocycles. The second kappa shape index (κ2) is 9.27. The van der Waals surface area contributed by atoms with Gasteiger partial charge in [-0.1, -0.05) is 43.0 Å². The van der Waals surface area contributed by atoms with E-state index >= 15 is 0 Å². The number of nitrogens with one attached hydrogen (secondary N) is 1. The predicted molar refractivity (Wildman–Crippen MR) is 94.1 cm³/mol. The maximum absolute atomic E-state index is 12.2. The highest BCUT2D eigenvalue weighted by molar-refractivity contribution is 5.85. The maximum atomic E-state index is 12.2. The van der Waals surface area contributed by atoms with Gasteiger partial charge in [-0.25, -0.2) is 5.43 Å². The SMILES string of the molecule is C=CCOc1ccc(/C=N\NC(=O)[C@H](OC)c2ccccc2)cc1. The zero-order chi connectivity index (χ0) is 17.2. The number of hydrogen-bond acceptors (Lipinski definition) is 4. The van der Waals surface area contributed by atoms with Gasteiger partial charge in [-0.2, -0.15) is 5.10 Å². The molecule has 1 amide bonds. The van der Waals surface area contributed by atoms with Gasteiger partial charge in [0.2, 0.25) is 0 Å². The van der Waals surface area contributed by atoms with Crippen molar-refractivity contribution >= 4 is 12.1 Å². The van der Waals surface area contributed by atoms with Gasteiger partial charge in [0.05, 0.1) is 6.21 Å². The van der Waals surface area contributed by atoms with E-state index in [0.29, 0.717) is 6.61 Å². The number of nitrogens with zero attached hydrogens (tertiary/aromatic N) is 1. The Labute approximate surface area is 141 Å². The maximum Gasteiger partial charge on any atom is 0.273 e. The normalized spacial score (nSPS) is 11.9. The molecule has 0 spiro atoms. The van der Waals surface area contributed by atoms with E-state index in [1.54, 1.807) is 12.3 Å². The van der Waals surface area contributed by atoms with Crippen LogP contribution in [-0.2, 0) is 9.53 Å². The highest BCUT2D eigenvalue weighted by Crippen LogP contribution is 2.16. The number of benzene rings is 2. The van der Waals surface area contributed by atoms with E-state index < -0.39 is 6.10 Å². The number of carbonyl (C=O) groups excluding carboxylic acids is 1. The molecule has 5 heteroatoms. The fourth-order valence-electron chi connectivity index (χ4n) is 2.06. The van der Waals surface area contributed by atoms with Gasteiger partial charge in [0.15, 0.2) is 6.10 Å². The topological polar surface area (TPSA) is 59.9 Å². The molecule has 0 aliphatic carbocycles. The van der Waals surface area contributed by atoms with Crippen LogP contribution in [0.5, 0.6) is 5.75 Å². The monoisotopic (exact) mass is 324 g/mol. The zero-order valence-corrected chi connectivity index (χ0v) is 13.5. The Bertz CT molecular complexity index is 682. The van der Waals surface area contributed by atoms with Crippen molar-refractivity contribution in [3.8, 4) is 5.75 Å². The summed E-state index contributed by atoms with van der Waals surface area (Å²) in [6, 6.07) is 16.6. The van der Waals surface area contributed by atoms with E-state index in [2.05, 4.69) is 17.1 Å². The van der Waals surface area contributed by atoms with Crippen molar-refractivity contribution in [1.29, 1.82) is 0 Å². The number of rotatable bonds is 8. The van der Waals surface area contributed by atoms with Gasteiger partial charge >= 0.3 is 0 Å². The van der Waals surface area contributed by atoms with E-state index in [0.717, 1.165) is 16.9 Å². The van der Waals surface area contributed by atoms with Crippen LogP contribution in [0.4, 0.5) is 0 Å². The Morgan fingerprint density at radius 1 is 1.21 bits per heavy atom. The van der Waals surface area contributed by atoms with Crippen molar-refractivity contribution in [2.45, 2.75) is 6.10 Å². The molecule has 0 aliphatic heterocycles. The lowest BCUT2D eigenvalue weighted by Crippen LogP contribution is -2.26. The molecule has 24 heavy (non-hydrogen) atoms. The molecule has 2 rings (SSSR count). The molecule has 0 fully saturated rings. The fraction of sp³-hybridized carbons (Fsp3) is 0.158. The van der Waals surface area contributed by atoms with Crippen molar-refractivity contribution in [3.05, 3.63) is 78.4 Å². The Hall–Kier alpha value is -2.92. The van der Waals surface area contributed by atoms with E-state index in [1.165, 1.54) is 7.11 Å². The predicted octanol–water partition coefficient (Wildman–Crippen LogP) is 3.09. The molecular weight excluding hydrogens is 304 g/mol. The molecule has 0 radical (unpaired) electrons. The Morgan fingerprint density at radius 2 is 1.92 bits per heavy atom. The minimum absolute atomic E-state index is 0.328. The van der Waals surface area contributed by atoms with Crippen LogP contribution in [0.2, 0.25) is 0 Å². The quantitative estimate of drug-likeness (QED) is 0.461. The number of amides is 1. The molecule has 5 nitrogen and oxygen atoms in total. The van der Waals surface area contributed by atoms with Crippen LogP contribution in [0.25, 0.3) is 0 Å². The highest BCUT2D eigenvalue weighted by atomic mass is 16.5. The first-order chi connectivity index (χ1) is 11.7. The first kappa shape index (κ1) is 17.4. The first-order valence-electron chi connectivity index (χ1n) is 7.49. The largest absolute Gasteiger partial charge is 0.490 e. The molecule has 0 aliphatic rings. The second-order valence-electron chi connectivity index (χ2n) is 4.93.